The van der Waals surface area contributed by atoms with Crippen LogP contribution in [0.2, 0.25) is 0 Å². The molecule has 4 aromatic rings. The van der Waals surface area contributed by atoms with E-state index in [9.17, 15) is 32.3 Å². The Bertz CT molecular complexity index is 1420. The van der Waals surface area contributed by atoms with Gasteiger partial charge in [-0.15, -0.1) is 10.2 Å². The summed E-state index contributed by atoms with van der Waals surface area (Å²) < 4.78 is 54.8. The molecule has 0 saturated heterocycles. The predicted molar refractivity (Wildman–Crippen MR) is 96.3 cm³/mol. The fourth-order valence-electron chi connectivity index (χ4n) is 3.20. The Morgan fingerprint density at radius 3 is 2.47 bits per heavy atom. The van der Waals surface area contributed by atoms with Gasteiger partial charge in [0.2, 0.25) is 5.65 Å². The SMILES string of the molecule is Cc1nc(C)n(-c2cc3c(cc2C(F)(F)F)[nH]c(=O)c2nnc(CP(=O)(O)O)n23)n1. The van der Waals surface area contributed by atoms with E-state index in [-0.39, 0.29) is 39.8 Å². The smallest absolute Gasteiger partial charge is 0.324 e. The minimum absolute atomic E-state index is 0.00797. The molecule has 0 fully saturated rings. The number of aromatic nitrogens is 7. The van der Waals surface area contributed by atoms with Crippen molar-refractivity contribution >= 4 is 24.3 Å². The maximum Gasteiger partial charge on any atom is 0.418 e. The van der Waals surface area contributed by atoms with Crippen LogP contribution >= 0.6 is 7.60 Å². The zero-order chi connectivity index (χ0) is 22.0. The topological polar surface area (TPSA) is 151 Å². The second kappa shape index (κ2) is 6.45. The molecular formula is C15H13F3N7O4P. The van der Waals surface area contributed by atoms with Crippen LogP contribution in [-0.4, -0.2) is 44.1 Å². The molecule has 0 unspecified atom stereocenters. The number of hydrogen-bond acceptors (Lipinski definition) is 6. The van der Waals surface area contributed by atoms with Gasteiger partial charge in [-0.05, 0) is 26.0 Å². The third-order valence-electron chi connectivity index (χ3n) is 4.29. The van der Waals surface area contributed by atoms with E-state index >= 15 is 0 Å². The summed E-state index contributed by atoms with van der Waals surface area (Å²) in [5.74, 6) is 0.169. The van der Waals surface area contributed by atoms with Crippen LogP contribution in [0.15, 0.2) is 16.9 Å². The standard InChI is InChI=1S/C15H13F3N7O4P/c1-6-19-7(2)25(23-6)10-4-11-9(3-8(10)15(16,17)18)20-14(26)13-22-21-12(24(11)13)5-30(27,28)29/h3-4H,5H2,1-2H3,(H,20,26)(H2,27,28,29). The lowest BCUT2D eigenvalue weighted by atomic mass is 10.1. The maximum atomic E-state index is 13.8. The molecule has 0 atom stereocenters. The van der Waals surface area contributed by atoms with E-state index in [0.717, 1.165) is 21.2 Å². The molecule has 3 heterocycles. The fourth-order valence-corrected chi connectivity index (χ4v) is 3.77. The van der Waals surface area contributed by atoms with Crippen molar-refractivity contribution in [3.63, 3.8) is 0 Å². The average molecular weight is 443 g/mol. The minimum Gasteiger partial charge on any atom is -0.324 e. The highest BCUT2D eigenvalue weighted by Gasteiger charge is 2.36. The lowest BCUT2D eigenvalue weighted by Crippen LogP contribution is -2.16. The first-order valence-electron chi connectivity index (χ1n) is 8.31. The normalized spacial score (nSPS) is 12.9. The van der Waals surface area contributed by atoms with Crippen LogP contribution in [0.1, 0.15) is 23.0 Å². The largest absolute Gasteiger partial charge is 0.418 e. The number of nitrogens with one attached hydrogen (secondary N) is 1. The third-order valence-corrected chi connectivity index (χ3v) is 4.99. The first kappa shape index (κ1) is 20.2. The summed E-state index contributed by atoms with van der Waals surface area (Å²) >= 11 is 0. The second-order valence-electron chi connectivity index (χ2n) is 6.55. The van der Waals surface area contributed by atoms with Crippen molar-refractivity contribution in [1.82, 2.24) is 34.3 Å². The molecule has 11 nitrogen and oxygen atoms in total. The Hall–Kier alpha value is -3.09. The van der Waals surface area contributed by atoms with Gasteiger partial charge in [-0.1, -0.05) is 0 Å². The van der Waals surface area contributed by atoms with Crippen LogP contribution in [0.4, 0.5) is 13.2 Å². The number of alkyl halides is 3. The second-order valence-corrected chi connectivity index (χ2v) is 8.20. The van der Waals surface area contributed by atoms with E-state index in [1.807, 2.05) is 0 Å². The number of nitrogens with zero attached hydrogens (tertiary/aromatic N) is 6. The number of halogens is 3. The molecule has 0 bridgehead atoms. The summed E-state index contributed by atoms with van der Waals surface area (Å²) in [7, 11) is -4.61. The van der Waals surface area contributed by atoms with E-state index in [0.29, 0.717) is 0 Å². The Morgan fingerprint density at radius 1 is 1.20 bits per heavy atom. The van der Waals surface area contributed by atoms with Gasteiger partial charge < -0.3 is 14.8 Å². The van der Waals surface area contributed by atoms with E-state index in [1.54, 1.807) is 0 Å². The molecule has 30 heavy (non-hydrogen) atoms. The van der Waals surface area contributed by atoms with E-state index < -0.39 is 31.1 Å². The molecule has 0 aliphatic rings. The third kappa shape index (κ3) is 3.38. The Labute approximate surface area is 164 Å². The zero-order valence-corrected chi connectivity index (χ0v) is 16.2. The van der Waals surface area contributed by atoms with Crippen LogP contribution in [0.25, 0.3) is 22.4 Å². The molecule has 0 radical (unpaired) electrons. The van der Waals surface area contributed by atoms with Crippen molar-refractivity contribution in [3.8, 4) is 5.69 Å². The highest BCUT2D eigenvalue weighted by molar-refractivity contribution is 7.50. The van der Waals surface area contributed by atoms with Gasteiger partial charge in [-0.3, -0.25) is 13.8 Å². The van der Waals surface area contributed by atoms with Crippen molar-refractivity contribution in [1.29, 1.82) is 0 Å². The van der Waals surface area contributed by atoms with Crippen molar-refractivity contribution in [3.05, 3.63) is 45.5 Å². The molecule has 3 N–H and O–H groups in total. The fraction of sp³-hybridized carbons (Fsp3) is 0.267. The molecule has 0 amide bonds. The van der Waals surface area contributed by atoms with Crippen molar-refractivity contribution < 1.29 is 27.5 Å². The monoisotopic (exact) mass is 443 g/mol. The van der Waals surface area contributed by atoms with Gasteiger partial charge in [0, 0.05) is 0 Å². The zero-order valence-electron chi connectivity index (χ0n) is 15.3. The van der Waals surface area contributed by atoms with Gasteiger partial charge >= 0.3 is 13.8 Å². The summed E-state index contributed by atoms with van der Waals surface area (Å²) in [5, 5.41) is 11.2. The highest BCUT2D eigenvalue weighted by atomic mass is 31.2. The van der Waals surface area contributed by atoms with Crippen molar-refractivity contribution in [2.24, 2.45) is 0 Å². The van der Waals surface area contributed by atoms with Crippen molar-refractivity contribution in [2.45, 2.75) is 26.2 Å². The maximum absolute atomic E-state index is 13.8. The average Bonchev–Trinajstić information content (AvgIpc) is 3.15. The summed E-state index contributed by atoms with van der Waals surface area (Å²) in [5.41, 5.74) is -2.85. The van der Waals surface area contributed by atoms with Gasteiger partial charge in [0.1, 0.15) is 23.6 Å². The molecular weight excluding hydrogens is 430 g/mol. The van der Waals surface area contributed by atoms with Crippen LogP contribution in [-0.2, 0) is 16.9 Å². The molecule has 1 aromatic carbocycles. The Morgan fingerprint density at radius 2 is 1.90 bits per heavy atom. The van der Waals surface area contributed by atoms with E-state index in [4.69, 9.17) is 0 Å². The summed E-state index contributed by atoms with van der Waals surface area (Å²) in [6.45, 7) is 3.00. The number of rotatable bonds is 3. The summed E-state index contributed by atoms with van der Waals surface area (Å²) in [6.07, 6.45) is -5.64. The molecule has 158 valence electrons. The minimum atomic E-state index is -4.79. The van der Waals surface area contributed by atoms with E-state index in [1.165, 1.54) is 13.8 Å². The van der Waals surface area contributed by atoms with Gasteiger partial charge in [-0.25, -0.2) is 9.67 Å². The van der Waals surface area contributed by atoms with Crippen LogP contribution < -0.4 is 5.56 Å². The number of benzene rings is 1. The number of aryl methyl sites for hydroxylation is 2. The lowest BCUT2D eigenvalue weighted by Gasteiger charge is -2.15. The number of H-pyrrole nitrogens is 1. The Balaban J connectivity index is 2.15. The molecule has 0 aliphatic carbocycles. The molecule has 0 saturated carbocycles. The molecule has 4 rings (SSSR count). The first-order valence-corrected chi connectivity index (χ1v) is 10.1. The summed E-state index contributed by atoms with van der Waals surface area (Å²) in [4.78, 5) is 37.2. The first-order chi connectivity index (χ1) is 13.8. The lowest BCUT2D eigenvalue weighted by molar-refractivity contribution is -0.137. The van der Waals surface area contributed by atoms with Gasteiger partial charge in [0.05, 0.1) is 22.3 Å². The Kier molecular flexibility index (Phi) is 4.34. The molecule has 15 heteroatoms. The number of hydrogen-bond donors (Lipinski definition) is 3. The molecule has 0 spiro atoms. The van der Waals surface area contributed by atoms with Crippen LogP contribution in [0, 0.1) is 13.8 Å². The summed E-state index contributed by atoms with van der Waals surface area (Å²) in [6, 6.07) is 1.82. The van der Waals surface area contributed by atoms with Gasteiger partial charge in [-0.2, -0.15) is 18.3 Å². The van der Waals surface area contributed by atoms with Crippen molar-refractivity contribution in [2.75, 3.05) is 0 Å². The molecule has 3 aromatic heterocycles. The predicted octanol–water partition coefficient (Wildman–Crippen LogP) is 1.46. The highest BCUT2D eigenvalue weighted by Crippen LogP contribution is 2.39. The van der Waals surface area contributed by atoms with Crippen LogP contribution in [0.5, 0.6) is 0 Å². The van der Waals surface area contributed by atoms with Gasteiger partial charge in [0.25, 0.3) is 5.56 Å². The van der Waals surface area contributed by atoms with Gasteiger partial charge in [0.15, 0.2) is 0 Å². The van der Waals surface area contributed by atoms with E-state index in [2.05, 4.69) is 25.3 Å². The number of fused-ring (bicyclic) bond motifs is 3. The quantitative estimate of drug-likeness (QED) is 0.403. The molecule has 0 aliphatic heterocycles. The van der Waals surface area contributed by atoms with Crippen LogP contribution in [0.3, 0.4) is 0 Å². The number of aromatic amines is 1.